The zero-order chi connectivity index (χ0) is 16.7. The first-order valence-corrected chi connectivity index (χ1v) is 7.71. The van der Waals surface area contributed by atoms with Gasteiger partial charge in [-0.2, -0.15) is 4.98 Å². The van der Waals surface area contributed by atoms with Gasteiger partial charge in [-0.05, 0) is 18.6 Å². The molecule has 124 valence electrons. The fourth-order valence-corrected chi connectivity index (χ4v) is 2.93. The van der Waals surface area contributed by atoms with Gasteiger partial charge in [0.05, 0.1) is 31.4 Å². The van der Waals surface area contributed by atoms with E-state index in [2.05, 4.69) is 24.8 Å². The number of ether oxygens (including phenoxy) is 1. The Morgan fingerprint density at radius 1 is 1.29 bits per heavy atom. The van der Waals surface area contributed by atoms with Crippen molar-refractivity contribution in [1.29, 1.82) is 5.41 Å². The van der Waals surface area contributed by atoms with Crippen LogP contribution < -0.4 is 16.3 Å². The smallest absolute Gasteiger partial charge is 0.230 e. The molecule has 0 unspecified atom stereocenters. The summed E-state index contributed by atoms with van der Waals surface area (Å²) < 4.78 is 7.03. The Morgan fingerprint density at radius 3 is 2.83 bits per heavy atom. The van der Waals surface area contributed by atoms with E-state index in [0.29, 0.717) is 24.4 Å². The van der Waals surface area contributed by atoms with Gasteiger partial charge >= 0.3 is 0 Å². The summed E-state index contributed by atoms with van der Waals surface area (Å²) in [5.41, 5.74) is 8.81. The number of nitrogens with zero attached hydrogens (tertiary/aromatic N) is 5. The molecule has 0 aliphatic carbocycles. The number of fused-ring (bicyclic) bond motifs is 1. The molecule has 0 bridgehead atoms. The van der Waals surface area contributed by atoms with E-state index in [9.17, 15) is 0 Å². The van der Waals surface area contributed by atoms with Gasteiger partial charge < -0.3 is 20.4 Å². The number of aromatic amines is 1. The minimum absolute atomic E-state index is 0.0242. The van der Waals surface area contributed by atoms with Crippen molar-refractivity contribution in [2.75, 3.05) is 36.9 Å². The standard InChI is InChI=1S/C15H18N8O/c1-9-6-11(22-2-4-24-5-3-22)18-7-10(9)23-14-12(19-8-20-14)13(16)21-15(23)17/h6-8H,2-5H2,1H3,(H,19,20)(H3,16,17,21). The molecule has 1 aliphatic heterocycles. The summed E-state index contributed by atoms with van der Waals surface area (Å²) in [7, 11) is 0. The molecule has 4 rings (SSSR count). The number of hydrogen-bond acceptors (Lipinski definition) is 7. The zero-order valence-electron chi connectivity index (χ0n) is 13.3. The highest BCUT2D eigenvalue weighted by molar-refractivity contribution is 5.82. The second kappa shape index (κ2) is 5.60. The molecular weight excluding hydrogens is 308 g/mol. The summed E-state index contributed by atoms with van der Waals surface area (Å²) in [5, 5.41) is 8.18. The number of H-pyrrole nitrogens is 1. The van der Waals surface area contributed by atoms with Gasteiger partial charge in [0.25, 0.3) is 0 Å². The van der Waals surface area contributed by atoms with Crippen LogP contribution in [0.1, 0.15) is 5.56 Å². The Labute approximate surface area is 137 Å². The quantitative estimate of drug-likeness (QED) is 0.625. The van der Waals surface area contributed by atoms with E-state index in [1.807, 2.05) is 13.0 Å². The molecule has 0 saturated carbocycles. The molecule has 3 aromatic heterocycles. The second-order valence-corrected chi connectivity index (χ2v) is 5.69. The maximum absolute atomic E-state index is 8.18. The summed E-state index contributed by atoms with van der Waals surface area (Å²) in [6, 6.07) is 2.02. The van der Waals surface area contributed by atoms with Crippen LogP contribution in [0.2, 0.25) is 0 Å². The van der Waals surface area contributed by atoms with Gasteiger partial charge in [0.15, 0.2) is 11.5 Å². The maximum atomic E-state index is 8.18. The Bertz CT molecular complexity index is 954. The van der Waals surface area contributed by atoms with E-state index in [-0.39, 0.29) is 11.4 Å². The van der Waals surface area contributed by atoms with E-state index in [1.165, 1.54) is 0 Å². The predicted octanol–water partition coefficient (Wildman–Crippen LogP) is 0.350. The number of nitrogen functional groups attached to an aromatic ring is 1. The molecule has 9 heteroatoms. The van der Waals surface area contributed by atoms with E-state index in [1.54, 1.807) is 17.1 Å². The van der Waals surface area contributed by atoms with Crippen molar-refractivity contribution in [2.24, 2.45) is 0 Å². The Morgan fingerprint density at radius 2 is 2.08 bits per heavy atom. The molecule has 9 nitrogen and oxygen atoms in total. The first-order valence-electron chi connectivity index (χ1n) is 7.71. The SMILES string of the molecule is Cc1cc(N2CCOCC2)ncc1-n1c(=N)nc(N)c2[nH]cnc21. The second-order valence-electron chi connectivity index (χ2n) is 5.69. The third-order valence-corrected chi connectivity index (χ3v) is 4.17. The molecule has 4 N–H and O–H groups in total. The van der Waals surface area contributed by atoms with E-state index in [4.69, 9.17) is 15.9 Å². The Hall–Kier alpha value is -2.94. The van der Waals surface area contributed by atoms with E-state index < -0.39 is 0 Å². The average molecular weight is 326 g/mol. The summed E-state index contributed by atoms with van der Waals surface area (Å²) >= 11 is 0. The van der Waals surface area contributed by atoms with Crippen LogP contribution in [-0.2, 0) is 4.74 Å². The van der Waals surface area contributed by atoms with Crippen molar-refractivity contribution in [2.45, 2.75) is 6.92 Å². The number of pyridine rings is 1. The molecule has 1 fully saturated rings. The highest BCUT2D eigenvalue weighted by atomic mass is 16.5. The number of morpholine rings is 1. The Kier molecular flexibility index (Phi) is 3.42. The normalized spacial score (nSPS) is 15.1. The van der Waals surface area contributed by atoms with Crippen LogP contribution in [0, 0.1) is 12.3 Å². The van der Waals surface area contributed by atoms with Gasteiger partial charge in [-0.15, -0.1) is 0 Å². The topological polar surface area (TPSA) is 122 Å². The largest absolute Gasteiger partial charge is 0.382 e. The van der Waals surface area contributed by atoms with Crippen molar-refractivity contribution in [3.05, 3.63) is 29.8 Å². The third kappa shape index (κ3) is 2.29. The first kappa shape index (κ1) is 14.6. The van der Waals surface area contributed by atoms with Gasteiger partial charge in [0.2, 0.25) is 5.62 Å². The number of imidazole rings is 1. The van der Waals surface area contributed by atoms with Gasteiger partial charge in [0.1, 0.15) is 11.3 Å². The van der Waals surface area contributed by atoms with Crippen molar-refractivity contribution < 1.29 is 4.74 Å². The first-order chi connectivity index (χ1) is 11.6. The molecule has 1 saturated heterocycles. The van der Waals surface area contributed by atoms with Crippen molar-refractivity contribution in [3.63, 3.8) is 0 Å². The number of nitrogens with two attached hydrogens (primary N) is 1. The predicted molar refractivity (Wildman–Crippen MR) is 89.0 cm³/mol. The lowest BCUT2D eigenvalue weighted by atomic mass is 10.2. The lowest BCUT2D eigenvalue weighted by molar-refractivity contribution is 0.122. The zero-order valence-corrected chi connectivity index (χ0v) is 13.3. The monoisotopic (exact) mass is 326 g/mol. The summed E-state index contributed by atoms with van der Waals surface area (Å²) in [5.74, 6) is 1.17. The highest BCUT2D eigenvalue weighted by Crippen LogP contribution is 2.22. The Balaban J connectivity index is 1.83. The van der Waals surface area contributed by atoms with Crippen LogP contribution in [0.4, 0.5) is 11.6 Å². The molecule has 0 radical (unpaired) electrons. The van der Waals surface area contributed by atoms with Gasteiger partial charge in [-0.1, -0.05) is 0 Å². The summed E-state index contributed by atoms with van der Waals surface area (Å²) in [6.07, 6.45) is 3.30. The molecule has 0 amide bonds. The molecule has 0 spiro atoms. The van der Waals surface area contributed by atoms with Crippen LogP contribution in [0.15, 0.2) is 18.6 Å². The van der Waals surface area contributed by atoms with Crippen molar-refractivity contribution >= 4 is 22.8 Å². The number of anilines is 2. The molecule has 0 aromatic carbocycles. The van der Waals surface area contributed by atoms with E-state index >= 15 is 0 Å². The molecular formula is C15H18N8O. The van der Waals surface area contributed by atoms with Crippen LogP contribution in [-0.4, -0.2) is 50.8 Å². The van der Waals surface area contributed by atoms with Gasteiger partial charge in [-0.3, -0.25) is 9.98 Å². The van der Waals surface area contributed by atoms with Crippen LogP contribution >= 0.6 is 0 Å². The number of hydrogen-bond donors (Lipinski definition) is 3. The molecule has 4 heterocycles. The highest BCUT2D eigenvalue weighted by Gasteiger charge is 2.16. The van der Waals surface area contributed by atoms with Gasteiger partial charge in [-0.25, -0.2) is 9.97 Å². The van der Waals surface area contributed by atoms with E-state index in [0.717, 1.165) is 30.2 Å². The lowest BCUT2D eigenvalue weighted by Gasteiger charge is -2.28. The number of aromatic nitrogens is 5. The molecule has 0 atom stereocenters. The van der Waals surface area contributed by atoms with Gasteiger partial charge in [0, 0.05) is 13.1 Å². The summed E-state index contributed by atoms with van der Waals surface area (Å²) in [6.45, 7) is 5.07. The third-order valence-electron chi connectivity index (χ3n) is 4.17. The van der Waals surface area contributed by atoms with Crippen LogP contribution in [0.25, 0.3) is 16.9 Å². The number of nitrogens with one attached hydrogen (secondary N) is 2. The van der Waals surface area contributed by atoms with Crippen LogP contribution in [0.3, 0.4) is 0 Å². The molecule has 24 heavy (non-hydrogen) atoms. The molecule has 3 aromatic rings. The minimum atomic E-state index is 0.0242. The minimum Gasteiger partial charge on any atom is -0.382 e. The fraction of sp³-hybridized carbons (Fsp3) is 0.333. The van der Waals surface area contributed by atoms with Crippen LogP contribution in [0.5, 0.6) is 0 Å². The average Bonchev–Trinajstić information content (AvgIpc) is 3.07. The molecule has 1 aliphatic rings. The fourth-order valence-electron chi connectivity index (χ4n) is 2.93. The number of rotatable bonds is 2. The maximum Gasteiger partial charge on any atom is 0.230 e. The lowest BCUT2D eigenvalue weighted by Crippen LogP contribution is -2.36. The van der Waals surface area contributed by atoms with Crippen molar-refractivity contribution in [3.8, 4) is 5.69 Å². The van der Waals surface area contributed by atoms with Crippen molar-refractivity contribution in [1.82, 2.24) is 24.5 Å². The number of aryl methyl sites for hydroxylation is 1. The summed E-state index contributed by atoms with van der Waals surface area (Å²) in [4.78, 5) is 18.1.